The number of hydrogen-bond acceptors (Lipinski definition) is 2. The summed E-state index contributed by atoms with van der Waals surface area (Å²) in [6, 6.07) is 0. The standard InChI is InChI=1S/C9H20O3Si/c1-7(8(10)11)12-13(5,6)9(2,3)4/h7H,1-6H3,(H,10,11)/t7-/m1/s1. The highest BCUT2D eigenvalue weighted by Crippen LogP contribution is 2.37. The number of carboxylic acids is 1. The molecule has 0 radical (unpaired) electrons. The van der Waals surface area contributed by atoms with Gasteiger partial charge in [-0.1, -0.05) is 20.8 Å². The molecule has 4 heteroatoms. The van der Waals surface area contributed by atoms with Crippen LogP contribution < -0.4 is 0 Å². The largest absolute Gasteiger partial charge is 0.479 e. The molecule has 0 fully saturated rings. The average molecular weight is 204 g/mol. The summed E-state index contributed by atoms with van der Waals surface area (Å²) in [5.74, 6) is -0.884. The van der Waals surface area contributed by atoms with Crippen LogP contribution in [0.25, 0.3) is 0 Å². The topological polar surface area (TPSA) is 46.5 Å². The van der Waals surface area contributed by atoms with E-state index < -0.39 is 20.4 Å². The minimum Gasteiger partial charge on any atom is -0.479 e. The molecule has 0 heterocycles. The molecular weight excluding hydrogens is 184 g/mol. The van der Waals surface area contributed by atoms with Crippen LogP contribution in [0.3, 0.4) is 0 Å². The Morgan fingerprint density at radius 3 is 2.00 bits per heavy atom. The fourth-order valence-corrected chi connectivity index (χ4v) is 2.01. The number of aliphatic carboxylic acids is 1. The lowest BCUT2D eigenvalue weighted by Gasteiger charge is -2.37. The highest BCUT2D eigenvalue weighted by molar-refractivity contribution is 6.74. The van der Waals surface area contributed by atoms with Crippen molar-refractivity contribution in [1.29, 1.82) is 0 Å². The van der Waals surface area contributed by atoms with Gasteiger partial charge in [0.15, 0.2) is 8.32 Å². The monoisotopic (exact) mass is 204 g/mol. The van der Waals surface area contributed by atoms with E-state index in [2.05, 4.69) is 20.8 Å². The van der Waals surface area contributed by atoms with Crippen molar-refractivity contribution < 1.29 is 14.3 Å². The maximum atomic E-state index is 10.6. The van der Waals surface area contributed by atoms with Crippen LogP contribution in [0.15, 0.2) is 0 Å². The summed E-state index contributed by atoms with van der Waals surface area (Å²) in [4.78, 5) is 10.6. The SMILES string of the molecule is C[C@@H](O[Si](C)(C)C(C)(C)C)C(=O)O. The average Bonchev–Trinajstić information content (AvgIpc) is 1.83. The predicted octanol–water partition coefficient (Wildman–Crippen LogP) is 2.48. The normalized spacial score (nSPS) is 15.5. The third-order valence-corrected chi connectivity index (χ3v) is 7.18. The quantitative estimate of drug-likeness (QED) is 0.718. The van der Waals surface area contributed by atoms with Gasteiger partial charge >= 0.3 is 5.97 Å². The lowest BCUT2D eigenvalue weighted by atomic mass is 10.2. The molecule has 0 aromatic carbocycles. The van der Waals surface area contributed by atoms with Gasteiger partial charge in [-0.2, -0.15) is 0 Å². The molecule has 0 bridgehead atoms. The molecule has 78 valence electrons. The Kier molecular flexibility index (Phi) is 3.69. The summed E-state index contributed by atoms with van der Waals surface area (Å²) >= 11 is 0. The molecule has 0 aromatic rings. The molecule has 0 saturated carbocycles. The molecule has 0 rings (SSSR count). The van der Waals surface area contributed by atoms with Crippen LogP contribution in [0.2, 0.25) is 18.1 Å². The second-order valence-electron chi connectivity index (χ2n) is 4.86. The zero-order chi connectivity index (χ0) is 10.9. The fraction of sp³-hybridized carbons (Fsp3) is 0.889. The van der Waals surface area contributed by atoms with Gasteiger partial charge in [-0.15, -0.1) is 0 Å². The van der Waals surface area contributed by atoms with Gasteiger partial charge in [0.05, 0.1) is 0 Å². The van der Waals surface area contributed by atoms with Gasteiger partial charge in [-0.05, 0) is 25.1 Å². The van der Waals surface area contributed by atoms with Crippen molar-refractivity contribution in [3.63, 3.8) is 0 Å². The summed E-state index contributed by atoms with van der Waals surface area (Å²) in [5.41, 5.74) is 0. The highest BCUT2D eigenvalue weighted by atomic mass is 28.4. The first-order chi connectivity index (χ1) is 5.58. The summed E-state index contributed by atoms with van der Waals surface area (Å²) in [6.45, 7) is 12.0. The van der Waals surface area contributed by atoms with E-state index in [1.807, 2.05) is 13.1 Å². The molecule has 0 amide bonds. The minimum absolute atomic E-state index is 0.0662. The summed E-state index contributed by atoms with van der Waals surface area (Å²) in [7, 11) is -1.91. The lowest BCUT2D eigenvalue weighted by Crippen LogP contribution is -2.45. The van der Waals surface area contributed by atoms with Crippen molar-refractivity contribution in [2.24, 2.45) is 0 Å². The molecule has 0 aliphatic rings. The Labute approximate surface area is 81.2 Å². The number of rotatable bonds is 3. The van der Waals surface area contributed by atoms with Gasteiger partial charge in [-0.3, -0.25) is 0 Å². The van der Waals surface area contributed by atoms with Gasteiger partial charge in [0.1, 0.15) is 6.10 Å². The van der Waals surface area contributed by atoms with E-state index in [0.717, 1.165) is 0 Å². The van der Waals surface area contributed by atoms with Crippen LogP contribution in [0, 0.1) is 0 Å². The summed E-state index contributed by atoms with van der Waals surface area (Å²) < 4.78 is 5.60. The molecule has 3 nitrogen and oxygen atoms in total. The number of carboxylic acid groups (broad SMARTS) is 1. The van der Waals surface area contributed by atoms with Crippen molar-refractivity contribution in [2.75, 3.05) is 0 Å². The van der Waals surface area contributed by atoms with Crippen LogP contribution >= 0.6 is 0 Å². The smallest absolute Gasteiger partial charge is 0.331 e. The molecule has 0 spiro atoms. The Morgan fingerprint density at radius 2 is 1.77 bits per heavy atom. The zero-order valence-electron chi connectivity index (χ0n) is 9.34. The molecular formula is C9H20O3Si. The highest BCUT2D eigenvalue weighted by Gasteiger charge is 2.39. The van der Waals surface area contributed by atoms with Crippen LogP contribution in [-0.2, 0) is 9.22 Å². The van der Waals surface area contributed by atoms with E-state index in [-0.39, 0.29) is 5.04 Å². The summed E-state index contributed by atoms with van der Waals surface area (Å²) in [6.07, 6.45) is -0.694. The number of carbonyl (C=O) groups is 1. The van der Waals surface area contributed by atoms with E-state index in [4.69, 9.17) is 9.53 Å². The van der Waals surface area contributed by atoms with Gasteiger partial charge in [0.25, 0.3) is 0 Å². The Hall–Kier alpha value is -0.353. The zero-order valence-corrected chi connectivity index (χ0v) is 10.3. The Bertz CT molecular complexity index is 194. The van der Waals surface area contributed by atoms with E-state index in [9.17, 15) is 4.79 Å². The van der Waals surface area contributed by atoms with E-state index in [1.54, 1.807) is 6.92 Å². The maximum Gasteiger partial charge on any atom is 0.331 e. The third kappa shape index (κ3) is 3.48. The molecule has 0 aromatic heterocycles. The van der Waals surface area contributed by atoms with Crippen LogP contribution in [0.1, 0.15) is 27.7 Å². The van der Waals surface area contributed by atoms with Crippen LogP contribution in [0.5, 0.6) is 0 Å². The minimum atomic E-state index is -1.91. The Balaban J connectivity index is 4.43. The second-order valence-corrected chi connectivity index (χ2v) is 9.61. The molecule has 13 heavy (non-hydrogen) atoms. The predicted molar refractivity (Wildman–Crippen MR) is 55.4 cm³/mol. The van der Waals surface area contributed by atoms with Gasteiger partial charge < -0.3 is 9.53 Å². The van der Waals surface area contributed by atoms with Crippen molar-refractivity contribution in [2.45, 2.75) is 51.9 Å². The van der Waals surface area contributed by atoms with Crippen LogP contribution in [-0.4, -0.2) is 25.5 Å². The number of hydrogen-bond donors (Lipinski definition) is 1. The van der Waals surface area contributed by atoms with Crippen molar-refractivity contribution in [3.8, 4) is 0 Å². The first-order valence-corrected chi connectivity index (χ1v) is 7.39. The van der Waals surface area contributed by atoms with E-state index in [1.165, 1.54) is 0 Å². The molecule has 0 saturated heterocycles. The molecule has 1 N–H and O–H groups in total. The summed E-state index contributed by atoms with van der Waals surface area (Å²) in [5, 5.41) is 8.77. The van der Waals surface area contributed by atoms with Gasteiger partial charge in [0, 0.05) is 0 Å². The fourth-order valence-electron chi connectivity index (χ4n) is 0.669. The van der Waals surface area contributed by atoms with Crippen molar-refractivity contribution >= 4 is 14.3 Å². The first-order valence-electron chi connectivity index (χ1n) is 4.48. The lowest BCUT2D eigenvalue weighted by molar-refractivity contribution is -0.144. The first kappa shape index (κ1) is 12.6. The molecule has 0 unspecified atom stereocenters. The van der Waals surface area contributed by atoms with Gasteiger partial charge in [-0.25, -0.2) is 4.79 Å². The van der Waals surface area contributed by atoms with Crippen molar-refractivity contribution in [1.82, 2.24) is 0 Å². The van der Waals surface area contributed by atoms with Gasteiger partial charge in [0.2, 0.25) is 0 Å². The van der Waals surface area contributed by atoms with Crippen LogP contribution in [0.4, 0.5) is 0 Å². The molecule has 1 atom stereocenters. The maximum absolute atomic E-state index is 10.6. The second kappa shape index (κ2) is 3.80. The van der Waals surface area contributed by atoms with Crippen molar-refractivity contribution in [3.05, 3.63) is 0 Å². The van der Waals surface area contributed by atoms with E-state index in [0.29, 0.717) is 0 Å². The van der Waals surface area contributed by atoms with E-state index >= 15 is 0 Å². The third-order valence-electron chi connectivity index (χ3n) is 2.63. The Morgan fingerprint density at radius 1 is 1.38 bits per heavy atom. The molecule has 0 aliphatic heterocycles. The molecule has 0 aliphatic carbocycles.